The molecule has 7 nitrogen and oxygen atoms in total. The Morgan fingerprint density at radius 3 is 2.53 bits per heavy atom. The Morgan fingerprint density at radius 1 is 1.17 bits per heavy atom. The maximum Gasteiger partial charge on any atom is 0.341 e. The van der Waals surface area contributed by atoms with Gasteiger partial charge in [-0.25, -0.2) is 4.79 Å². The number of carbonyl (C=O) groups is 2. The highest BCUT2D eigenvalue weighted by Crippen LogP contribution is 2.38. The Bertz CT molecular complexity index is 976. The summed E-state index contributed by atoms with van der Waals surface area (Å²) >= 11 is 1.44. The number of carbonyl (C=O) groups excluding carboxylic acids is 2. The van der Waals surface area contributed by atoms with Crippen LogP contribution in [0.2, 0.25) is 0 Å². The topological polar surface area (TPSA) is 98.5 Å². The number of non-ortho nitro benzene ring substituents is 1. The van der Waals surface area contributed by atoms with Crippen LogP contribution in [0.25, 0.3) is 6.08 Å². The van der Waals surface area contributed by atoms with Crippen molar-refractivity contribution in [3.8, 4) is 0 Å². The number of fused-ring (bicyclic) bond motifs is 1. The van der Waals surface area contributed by atoms with Crippen molar-refractivity contribution < 1.29 is 19.2 Å². The Balaban J connectivity index is 1.80. The van der Waals surface area contributed by atoms with E-state index < -0.39 is 10.9 Å². The van der Waals surface area contributed by atoms with E-state index in [4.69, 9.17) is 4.74 Å². The van der Waals surface area contributed by atoms with E-state index in [0.29, 0.717) is 16.1 Å². The van der Waals surface area contributed by atoms with Crippen LogP contribution in [0.1, 0.15) is 59.5 Å². The molecule has 0 radical (unpaired) electrons. The molecule has 1 aromatic heterocycles. The van der Waals surface area contributed by atoms with Crippen molar-refractivity contribution in [2.75, 3.05) is 5.32 Å². The molecule has 0 bridgehead atoms. The first-order valence-corrected chi connectivity index (χ1v) is 10.8. The van der Waals surface area contributed by atoms with Crippen LogP contribution >= 0.6 is 11.3 Å². The van der Waals surface area contributed by atoms with E-state index in [1.54, 1.807) is 32.1 Å². The molecule has 1 aliphatic rings. The predicted octanol–water partition coefficient (Wildman–Crippen LogP) is 5.14. The molecule has 0 aliphatic heterocycles. The van der Waals surface area contributed by atoms with E-state index in [9.17, 15) is 19.7 Å². The monoisotopic (exact) mass is 428 g/mol. The zero-order chi connectivity index (χ0) is 21.7. The summed E-state index contributed by atoms with van der Waals surface area (Å²) in [5.41, 5.74) is 2.13. The molecule has 0 unspecified atom stereocenters. The van der Waals surface area contributed by atoms with Crippen molar-refractivity contribution in [2.24, 2.45) is 0 Å². The van der Waals surface area contributed by atoms with Crippen LogP contribution in [0.3, 0.4) is 0 Å². The van der Waals surface area contributed by atoms with Gasteiger partial charge in [0.15, 0.2) is 0 Å². The summed E-state index contributed by atoms with van der Waals surface area (Å²) in [6, 6.07) is 5.91. The van der Waals surface area contributed by atoms with Crippen molar-refractivity contribution in [3.05, 3.63) is 62.0 Å². The number of nitro benzene ring substituents is 1. The lowest BCUT2D eigenvalue weighted by Gasteiger charge is -2.11. The number of ether oxygens (including phenoxy) is 1. The van der Waals surface area contributed by atoms with Gasteiger partial charge in [0, 0.05) is 23.1 Å². The molecule has 1 heterocycles. The predicted molar refractivity (Wildman–Crippen MR) is 117 cm³/mol. The van der Waals surface area contributed by atoms with Crippen LogP contribution in [0, 0.1) is 10.1 Å². The third-order valence-electron chi connectivity index (χ3n) is 4.74. The molecule has 0 atom stereocenters. The summed E-state index contributed by atoms with van der Waals surface area (Å²) < 4.78 is 5.43. The number of hydrogen-bond donors (Lipinski definition) is 1. The fourth-order valence-electron chi connectivity index (χ4n) is 3.35. The van der Waals surface area contributed by atoms with Crippen molar-refractivity contribution in [1.29, 1.82) is 0 Å². The summed E-state index contributed by atoms with van der Waals surface area (Å²) in [5.74, 6) is -0.776. The van der Waals surface area contributed by atoms with Gasteiger partial charge >= 0.3 is 5.97 Å². The lowest BCUT2D eigenvalue weighted by molar-refractivity contribution is -0.384. The molecule has 1 amide bonds. The van der Waals surface area contributed by atoms with Crippen molar-refractivity contribution in [2.45, 2.75) is 52.1 Å². The van der Waals surface area contributed by atoms with Gasteiger partial charge in [0.2, 0.25) is 5.91 Å². The van der Waals surface area contributed by atoms with Crippen molar-refractivity contribution >= 4 is 40.0 Å². The number of benzene rings is 1. The van der Waals surface area contributed by atoms with Gasteiger partial charge in [-0.2, -0.15) is 0 Å². The number of nitrogens with one attached hydrogen (secondary N) is 1. The zero-order valence-corrected chi connectivity index (χ0v) is 17.8. The van der Waals surface area contributed by atoms with Crippen LogP contribution in [-0.2, 0) is 22.4 Å². The van der Waals surface area contributed by atoms with Gasteiger partial charge in [-0.05, 0) is 68.9 Å². The number of rotatable bonds is 6. The average molecular weight is 429 g/mol. The quantitative estimate of drug-likeness (QED) is 0.226. The smallest absolute Gasteiger partial charge is 0.341 e. The van der Waals surface area contributed by atoms with Gasteiger partial charge in [-0.1, -0.05) is 6.42 Å². The largest absolute Gasteiger partial charge is 0.459 e. The number of thiophene rings is 1. The Labute approximate surface area is 178 Å². The lowest BCUT2D eigenvalue weighted by atomic mass is 10.1. The van der Waals surface area contributed by atoms with Gasteiger partial charge in [-0.3, -0.25) is 14.9 Å². The Morgan fingerprint density at radius 2 is 1.87 bits per heavy atom. The van der Waals surface area contributed by atoms with E-state index in [2.05, 4.69) is 5.32 Å². The van der Waals surface area contributed by atoms with E-state index in [0.717, 1.165) is 42.5 Å². The van der Waals surface area contributed by atoms with Crippen LogP contribution in [0.15, 0.2) is 30.3 Å². The fourth-order valence-corrected chi connectivity index (χ4v) is 4.63. The zero-order valence-electron chi connectivity index (χ0n) is 17.0. The maximum atomic E-state index is 12.7. The van der Waals surface area contributed by atoms with Crippen LogP contribution in [0.5, 0.6) is 0 Å². The molecule has 0 spiro atoms. The van der Waals surface area contributed by atoms with Crippen LogP contribution in [0.4, 0.5) is 10.7 Å². The number of hydrogen-bond acceptors (Lipinski definition) is 6. The number of esters is 1. The molecule has 0 saturated carbocycles. The number of nitrogens with zero attached hydrogens (tertiary/aromatic N) is 1. The fraction of sp³-hybridized carbons (Fsp3) is 0.364. The third kappa shape index (κ3) is 5.33. The van der Waals surface area contributed by atoms with E-state index >= 15 is 0 Å². The molecule has 0 fully saturated rings. The molecule has 158 valence electrons. The minimum Gasteiger partial charge on any atom is -0.459 e. The van der Waals surface area contributed by atoms with Gasteiger partial charge in [0.1, 0.15) is 5.00 Å². The molecule has 1 aromatic carbocycles. The second-order valence-electron chi connectivity index (χ2n) is 7.39. The Hall–Kier alpha value is -3.00. The van der Waals surface area contributed by atoms with E-state index in [1.165, 1.54) is 29.5 Å². The highest BCUT2D eigenvalue weighted by atomic mass is 32.1. The molecular formula is C22H24N2O5S. The molecule has 8 heteroatoms. The highest BCUT2D eigenvalue weighted by molar-refractivity contribution is 7.17. The summed E-state index contributed by atoms with van der Waals surface area (Å²) in [6.07, 6.45) is 7.59. The maximum absolute atomic E-state index is 12.7. The van der Waals surface area contributed by atoms with E-state index in [1.807, 2.05) is 0 Å². The van der Waals surface area contributed by atoms with Crippen LogP contribution < -0.4 is 5.32 Å². The third-order valence-corrected chi connectivity index (χ3v) is 5.94. The lowest BCUT2D eigenvalue weighted by Crippen LogP contribution is -2.16. The highest BCUT2D eigenvalue weighted by Gasteiger charge is 2.27. The molecule has 2 aromatic rings. The summed E-state index contributed by atoms with van der Waals surface area (Å²) in [6.45, 7) is 3.60. The first-order valence-electron chi connectivity index (χ1n) is 9.94. The minimum atomic E-state index is -0.473. The normalized spacial score (nSPS) is 13.7. The minimum absolute atomic E-state index is 0.00927. The Kier molecular flexibility index (Phi) is 6.99. The van der Waals surface area contributed by atoms with Crippen LogP contribution in [-0.4, -0.2) is 22.9 Å². The number of amides is 1. The molecule has 30 heavy (non-hydrogen) atoms. The van der Waals surface area contributed by atoms with Gasteiger partial charge in [-0.15, -0.1) is 11.3 Å². The molecule has 1 aliphatic carbocycles. The first kappa shape index (κ1) is 21.7. The molecule has 1 N–H and O–H groups in total. The molecular weight excluding hydrogens is 404 g/mol. The molecule has 0 saturated heterocycles. The summed E-state index contributed by atoms with van der Waals surface area (Å²) in [5, 5.41) is 14.1. The number of nitro groups is 1. The van der Waals surface area contributed by atoms with Gasteiger partial charge in [0.05, 0.1) is 16.6 Å². The van der Waals surface area contributed by atoms with Crippen molar-refractivity contribution in [3.63, 3.8) is 0 Å². The summed E-state index contributed by atoms with van der Waals surface area (Å²) in [4.78, 5) is 36.6. The molecule has 3 rings (SSSR count). The number of anilines is 1. The van der Waals surface area contributed by atoms with E-state index in [-0.39, 0.29) is 17.7 Å². The second-order valence-corrected chi connectivity index (χ2v) is 8.50. The average Bonchev–Trinajstić information content (AvgIpc) is 2.86. The van der Waals surface area contributed by atoms with Gasteiger partial charge < -0.3 is 10.1 Å². The number of aryl methyl sites for hydroxylation is 1. The van der Waals surface area contributed by atoms with Crippen molar-refractivity contribution in [1.82, 2.24) is 0 Å². The SMILES string of the molecule is CC(C)OC(=O)c1c(NC(=O)C=Cc2ccc([N+](=O)[O-])cc2)sc2c1CCCCC2. The summed E-state index contributed by atoms with van der Waals surface area (Å²) in [7, 11) is 0. The second kappa shape index (κ2) is 9.67. The first-order chi connectivity index (χ1) is 14.3. The van der Waals surface area contributed by atoms with Gasteiger partial charge in [0.25, 0.3) is 5.69 Å². The standard InChI is InChI=1S/C22H24N2O5S/c1-14(2)29-22(26)20-17-6-4-3-5-7-18(17)30-21(20)23-19(25)13-10-15-8-11-16(12-9-15)24(27)28/h8-14H,3-7H2,1-2H3,(H,23,25).